The number of hydrogen-bond acceptors (Lipinski definition) is 2. The highest BCUT2D eigenvalue weighted by atomic mass is 16.2. The summed E-state index contributed by atoms with van der Waals surface area (Å²) < 4.78 is 0. The van der Waals surface area contributed by atoms with E-state index in [1.807, 2.05) is 0 Å². The zero-order chi connectivity index (χ0) is 11.2. The molecule has 1 atom stereocenters. The van der Waals surface area contributed by atoms with Gasteiger partial charge in [0, 0.05) is 17.8 Å². The first-order valence-electron chi connectivity index (χ1n) is 4.96. The van der Waals surface area contributed by atoms with Crippen molar-refractivity contribution in [3.63, 3.8) is 0 Å². The molecule has 1 N–H and O–H groups in total. The number of nitrogens with one attached hydrogen (secondary N) is 1. The first-order chi connectivity index (χ1) is 7.00. The molecule has 2 aliphatic rings. The van der Waals surface area contributed by atoms with Crippen molar-refractivity contribution in [1.29, 1.82) is 0 Å². The van der Waals surface area contributed by atoms with Crippen LogP contribution in [0.3, 0.4) is 0 Å². The van der Waals surface area contributed by atoms with Crippen molar-refractivity contribution in [2.75, 3.05) is 6.54 Å². The molecule has 0 aliphatic carbocycles. The molecule has 2 aliphatic heterocycles. The van der Waals surface area contributed by atoms with Crippen LogP contribution in [-0.4, -0.2) is 29.3 Å². The van der Waals surface area contributed by atoms with Crippen molar-refractivity contribution in [2.45, 2.75) is 26.3 Å². The largest absolute Gasteiger partial charge is 0.328 e. The molecule has 80 valence electrons. The lowest BCUT2D eigenvalue weighted by atomic mass is 10.1. The van der Waals surface area contributed by atoms with Crippen molar-refractivity contribution in [3.05, 3.63) is 23.4 Å². The van der Waals surface area contributed by atoms with Gasteiger partial charge in [-0.2, -0.15) is 0 Å². The molecule has 0 radical (unpaired) electrons. The zero-order valence-corrected chi connectivity index (χ0v) is 8.96. The Balaban J connectivity index is 2.41. The van der Waals surface area contributed by atoms with Gasteiger partial charge in [0.05, 0.1) is 0 Å². The van der Waals surface area contributed by atoms with Crippen molar-refractivity contribution in [1.82, 2.24) is 10.2 Å². The lowest BCUT2D eigenvalue weighted by Crippen LogP contribution is -2.42. The molecule has 0 spiro atoms. The highest BCUT2D eigenvalue weighted by molar-refractivity contribution is 6.01. The Morgan fingerprint density at radius 3 is 2.73 bits per heavy atom. The second kappa shape index (κ2) is 3.22. The molecule has 1 unspecified atom stereocenters. The van der Waals surface area contributed by atoms with Gasteiger partial charge in [0.25, 0.3) is 5.91 Å². The van der Waals surface area contributed by atoms with Crippen LogP contribution in [0.1, 0.15) is 20.3 Å². The SMILES string of the molecule is C=C1CC2C(=O)NC(C)=C(C)C(=O)N2C1. The third-order valence-corrected chi connectivity index (χ3v) is 3.01. The average Bonchev–Trinajstić information content (AvgIpc) is 2.54. The van der Waals surface area contributed by atoms with Gasteiger partial charge in [-0.1, -0.05) is 12.2 Å². The smallest absolute Gasteiger partial charge is 0.252 e. The molecular formula is C11H14N2O2. The van der Waals surface area contributed by atoms with E-state index < -0.39 is 0 Å². The molecule has 2 heterocycles. The fourth-order valence-corrected chi connectivity index (χ4v) is 1.98. The van der Waals surface area contributed by atoms with Gasteiger partial charge in [0.2, 0.25) is 5.91 Å². The molecule has 0 aromatic carbocycles. The molecule has 0 saturated carbocycles. The van der Waals surface area contributed by atoms with E-state index in [0.29, 0.717) is 24.2 Å². The van der Waals surface area contributed by atoms with E-state index in [1.54, 1.807) is 18.7 Å². The Morgan fingerprint density at radius 2 is 2.07 bits per heavy atom. The number of amides is 2. The van der Waals surface area contributed by atoms with Gasteiger partial charge >= 0.3 is 0 Å². The van der Waals surface area contributed by atoms with E-state index in [0.717, 1.165) is 5.57 Å². The van der Waals surface area contributed by atoms with Crippen LogP contribution in [0.5, 0.6) is 0 Å². The van der Waals surface area contributed by atoms with Crippen LogP contribution in [0.2, 0.25) is 0 Å². The quantitative estimate of drug-likeness (QED) is 0.589. The molecule has 1 saturated heterocycles. The molecular weight excluding hydrogens is 192 g/mol. The van der Waals surface area contributed by atoms with Gasteiger partial charge in [0.15, 0.2) is 0 Å². The molecule has 1 fully saturated rings. The van der Waals surface area contributed by atoms with Crippen LogP contribution in [0.15, 0.2) is 23.4 Å². The van der Waals surface area contributed by atoms with Crippen LogP contribution >= 0.6 is 0 Å². The minimum Gasteiger partial charge on any atom is -0.328 e. The van der Waals surface area contributed by atoms with Crippen LogP contribution < -0.4 is 5.32 Å². The minimum atomic E-state index is -0.364. The van der Waals surface area contributed by atoms with Gasteiger partial charge in [-0.3, -0.25) is 9.59 Å². The number of hydrogen-bond donors (Lipinski definition) is 1. The first kappa shape index (κ1) is 9.96. The van der Waals surface area contributed by atoms with Gasteiger partial charge in [-0.15, -0.1) is 0 Å². The topological polar surface area (TPSA) is 49.4 Å². The lowest BCUT2D eigenvalue weighted by Gasteiger charge is -2.19. The predicted molar refractivity (Wildman–Crippen MR) is 55.8 cm³/mol. The number of carbonyl (C=O) groups is 2. The maximum absolute atomic E-state index is 12.0. The van der Waals surface area contributed by atoms with Crippen molar-refractivity contribution < 1.29 is 9.59 Å². The molecule has 0 bridgehead atoms. The van der Waals surface area contributed by atoms with E-state index in [9.17, 15) is 9.59 Å². The molecule has 0 aromatic rings. The minimum absolute atomic E-state index is 0.0606. The highest BCUT2D eigenvalue weighted by Crippen LogP contribution is 2.26. The van der Waals surface area contributed by atoms with Gasteiger partial charge in [0.1, 0.15) is 6.04 Å². The highest BCUT2D eigenvalue weighted by Gasteiger charge is 2.38. The summed E-state index contributed by atoms with van der Waals surface area (Å²) in [6, 6.07) is -0.364. The third-order valence-electron chi connectivity index (χ3n) is 3.01. The lowest BCUT2D eigenvalue weighted by molar-refractivity contribution is -0.134. The van der Waals surface area contributed by atoms with Gasteiger partial charge in [-0.25, -0.2) is 0 Å². The predicted octanol–water partition coefficient (Wildman–Crippen LogP) is 0.567. The first-order valence-corrected chi connectivity index (χ1v) is 4.96. The molecule has 4 heteroatoms. The summed E-state index contributed by atoms with van der Waals surface area (Å²) in [6.45, 7) is 7.82. The van der Waals surface area contributed by atoms with E-state index in [4.69, 9.17) is 0 Å². The Kier molecular flexibility index (Phi) is 2.14. The van der Waals surface area contributed by atoms with E-state index >= 15 is 0 Å². The molecule has 2 amide bonds. The van der Waals surface area contributed by atoms with Crippen molar-refractivity contribution in [2.24, 2.45) is 0 Å². The van der Waals surface area contributed by atoms with Gasteiger partial charge < -0.3 is 10.2 Å². The van der Waals surface area contributed by atoms with Crippen LogP contribution in [-0.2, 0) is 9.59 Å². The summed E-state index contributed by atoms with van der Waals surface area (Å²) >= 11 is 0. The summed E-state index contributed by atoms with van der Waals surface area (Å²) in [7, 11) is 0. The molecule has 15 heavy (non-hydrogen) atoms. The summed E-state index contributed by atoms with van der Waals surface area (Å²) in [4.78, 5) is 25.3. The average molecular weight is 206 g/mol. The summed E-state index contributed by atoms with van der Waals surface area (Å²) in [5.74, 6) is -0.161. The Labute approximate surface area is 88.6 Å². The fraction of sp³-hybridized carbons (Fsp3) is 0.455. The second-order valence-electron chi connectivity index (χ2n) is 4.14. The number of carbonyl (C=O) groups excluding carboxylic acids is 2. The molecule has 2 rings (SSSR count). The van der Waals surface area contributed by atoms with Crippen LogP contribution in [0, 0.1) is 0 Å². The maximum Gasteiger partial charge on any atom is 0.252 e. The molecule has 4 nitrogen and oxygen atoms in total. The summed E-state index contributed by atoms with van der Waals surface area (Å²) in [6.07, 6.45) is 0.581. The maximum atomic E-state index is 12.0. The Hall–Kier alpha value is -1.58. The Morgan fingerprint density at radius 1 is 1.40 bits per heavy atom. The summed E-state index contributed by atoms with van der Waals surface area (Å²) in [5, 5.41) is 2.75. The van der Waals surface area contributed by atoms with E-state index in [2.05, 4.69) is 11.9 Å². The fourth-order valence-electron chi connectivity index (χ4n) is 1.98. The van der Waals surface area contributed by atoms with E-state index in [1.165, 1.54) is 0 Å². The monoisotopic (exact) mass is 206 g/mol. The van der Waals surface area contributed by atoms with E-state index in [-0.39, 0.29) is 17.9 Å². The Bertz CT molecular complexity index is 395. The standard InChI is InChI=1S/C11H14N2O2/c1-6-4-9-10(14)12-8(3)7(2)11(15)13(9)5-6/h9H,1,4-5H2,2-3H3,(H,12,14). The van der Waals surface area contributed by atoms with Crippen LogP contribution in [0.4, 0.5) is 0 Å². The van der Waals surface area contributed by atoms with Crippen LogP contribution in [0.25, 0.3) is 0 Å². The number of allylic oxidation sites excluding steroid dienone is 1. The number of nitrogens with zero attached hydrogens (tertiary/aromatic N) is 1. The van der Waals surface area contributed by atoms with Gasteiger partial charge in [-0.05, 0) is 20.3 Å². The second-order valence-corrected chi connectivity index (χ2v) is 4.14. The van der Waals surface area contributed by atoms with Crippen molar-refractivity contribution >= 4 is 11.8 Å². The third kappa shape index (κ3) is 1.46. The normalized spacial score (nSPS) is 26.7. The summed E-state index contributed by atoms with van der Waals surface area (Å²) in [5.41, 5.74) is 2.21. The zero-order valence-electron chi connectivity index (χ0n) is 8.96. The number of fused-ring (bicyclic) bond motifs is 1. The van der Waals surface area contributed by atoms with Crippen molar-refractivity contribution in [3.8, 4) is 0 Å². The molecule has 0 aromatic heterocycles. The number of rotatable bonds is 0.